The van der Waals surface area contributed by atoms with E-state index in [1.54, 1.807) is 21.3 Å². The molecule has 0 amide bonds. The van der Waals surface area contributed by atoms with Crippen molar-refractivity contribution in [1.82, 2.24) is 0 Å². The summed E-state index contributed by atoms with van der Waals surface area (Å²) >= 11 is 0. The number of anilines is 1. The second-order valence-electron chi connectivity index (χ2n) is 3.54. The molecule has 0 saturated heterocycles. The summed E-state index contributed by atoms with van der Waals surface area (Å²) in [6.45, 7) is 0. The SMILES string of the molecule is CO[Si](CCc1ccc(N)cc1)(OC)OC. The Labute approximate surface area is 97.7 Å². The Kier molecular flexibility index (Phi) is 4.95. The summed E-state index contributed by atoms with van der Waals surface area (Å²) in [6.07, 6.45) is 0.863. The number of benzene rings is 1. The third kappa shape index (κ3) is 3.31. The molecule has 1 rings (SSSR count). The average molecular weight is 241 g/mol. The quantitative estimate of drug-likeness (QED) is 0.608. The van der Waals surface area contributed by atoms with Gasteiger partial charge in [0, 0.05) is 33.1 Å². The Bertz CT molecular complexity index is 303. The van der Waals surface area contributed by atoms with Crippen molar-refractivity contribution in [1.29, 1.82) is 0 Å². The Morgan fingerprint density at radius 1 is 1.00 bits per heavy atom. The maximum atomic E-state index is 5.62. The van der Waals surface area contributed by atoms with E-state index in [1.807, 2.05) is 24.3 Å². The van der Waals surface area contributed by atoms with Crippen LogP contribution in [-0.4, -0.2) is 30.1 Å². The second-order valence-corrected chi connectivity index (χ2v) is 6.63. The van der Waals surface area contributed by atoms with Crippen molar-refractivity contribution in [3.8, 4) is 0 Å². The maximum absolute atomic E-state index is 5.62. The first-order valence-corrected chi connectivity index (χ1v) is 7.09. The summed E-state index contributed by atoms with van der Waals surface area (Å²) in [7, 11) is 2.44. The molecular weight excluding hydrogens is 222 g/mol. The van der Waals surface area contributed by atoms with Gasteiger partial charge in [0.05, 0.1) is 0 Å². The van der Waals surface area contributed by atoms with Gasteiger partial charge in [-0.1, -0.05) is 12.1 Å². The van der Waals surface area contributed by atoms with Gasteiger partial charge in [-0.2, -0.15) is 0 Å². The largest absolute Gasteiger partial charge is 0.500 e. The van der Waals surface area contributed by atoms with Crippen LogP contribution in [0.5, 0.6) is 0 Å². The van der Waals surface area contributed by atoms with E-state index in [9.17, 15) is 0 Å². The number of hydrogen-bond donors (Lipinski definition) is 1. The molecule has 16 heavy (non-hydrogen) atoms. The Morgan fingerprint density at radius 3 is 1.94 bits per heavy atom. The van der Waals surface area contributed by atoms with Crippen molar-refractivity contribution in [2.75, 3.05) is 27.1 Å². The average Bonchev–Trinajstić information content (AvgIpc) is 2.34. The van der Waals surface area contributed by atoms with Crippen LogP contribution < -0.4 is 5.73 Å². The van der Waals surface area contributed by atoms with Crippen LogP contribution >= 0.6 is 0 Å². The summed E-state index contributed by atoms with van der Waals surface area (Å²) in [4.78, 5) is 0. The molecule has 90 valence electrons. The number of nitrogens with two attached hydrogens (primary N) is 1. The van der Waals surface area contributed by atoms with Gasteiger partial charge in [0.25, 0.3) is 0 Å². The fourth-order valence-corrected chi connectivity index (χ4v) is 3.25. The molecule has 0 saturated carbocycles. The van der Waals surface area contributed by atoms with Gasteiger partial charge in [0.2, 0.25) is 0 Å². The summed E-state index contributed by atoms with van der Waals surface area (Å²) in [6, 6.07) is 8.57. The van der Waals surface area contributed by atoms with Gasteiger partial charge >= 0.3 is 8.80 Å². The first kappa shape index (κ1) is 13.2. The standard InChI is InChI=1S/C11H19NO3Si/c1-13-16(14-2,15-3)9-8-10-4-6-11(12)7-5-10/h4-7H,8-9,12H2,1-3H3. The molecule has 0 aliphatic heterocycles. The number of rotatable bonds is 6. The van der Waals surface area contributed by atoms with Crippen LogP contribution in [0.4, 0.5) is 5.69 Å². The molecule has 0 heterocycles. The highest BCUT2D eigenvalue weighted by atomic mass is 28.4. The normalized spacial score (nSPS) is 11.7. The van der Waals surface area contributed by atoms with E-state index in [-0.39, 0.29) is 0 Å². The number of nitrogen functional groups attached to an aromatic ring is 1. The molecule has 2 N–H and O–H groups in total. The summed E-state index contributed by atoms with van der Waals surface area (Å²) in [5.41, 5.74) is 7.60. The molecule has 0 fully saturated rings. The van der Waals surface area contributed by atoms with Crippen molar-refractivity contribution in [3.05, 3.63) is 29.8 Å². The summed E-state index contributed by atoms with van der Waals surface area (Å²) < 4.78 is 16.1. The maximum Gasteiger partial charge on any atom is 0.500 e. The lowest BCUT2D eigenvalue weighted by atomic mass is 10.2. The highest BCUT2D eigenvalue weighted by Crippen LogP contribution is 2.17. The zero-order valence-electron chi connectivity index (χ0n) is 10.0. The summed E-state index contributed by atoms with van der Waals surface area (Å²) in [5, 5.41) is 0. The smallest absolute Gasteiger partial charge is 0.399 e. The van der Waals surface area contributed by atoms with Crippen molar-refractivity contribution in [3.63, 3.8) is 0 Å². The lowest BCUT2D eigenvalue weighted by molar-refractivity contribution is 0.123. The highest BCUT2D eigenvalue weighted by molar-refractivity contribution is 6.60. The first-order chi connectivity index (χ1) is 7.65. The number of hydrogen-bond acceptors (Lipinski definition) is 4. The van der Waals surface area contributed by atoms with Crippen LogP contribution in [-0.2, 0) is 19.7 Å². The minimum absolute atomic E-state index is 0.764. The van der Waals surface area contributed by atoms with E-state index < -0.39 is 8.80 Å². The molecule has 0 unspecified atom stereocenters. The third-order valence-electron chi connectivity index (χ3n) is 2.63. The van der Waals surface area contributed by atoms with E-state index in [0.29, 0.717) is 0 Å². The lowest BCUT2D eigenvalue weighted by Crippen LogP contribution is -2.43. The summed E-state index contributed by atoms with van der Waals surface area (Å²) in [5.74, 6) is 0. The number of aryl methyl sites for hydroxylation is 1. The predicted molar refractivity (Wildman–Crippen MR) is 66.1 cm³/mol. The van der Waals surface area contributed by atoms with Crippen molar-refractivity contribution >= 4 is 14.5 Å². The second kappa shape index (κ2) is 6.00. The van der Waals surface area contributed by atoms with Crippen LogP contribution in [0.15, 0.2) is 24.3 Å². The van der Waals surface area contributed by atoms with Gasteiger partial charge in [0.15, 0.2) is 0 Å². The van der Waals surface area contributed by atoms with E-state index in [0.717, 1.165) is 18.2 Å². The van der Waals surface area contributed by atoms with Gasteiger partial charge in [-0.05, 0) is 24.1 Å². The zero-order chi connectivity index (χ0) is 12.0. The zero-order valence-corrected chi connectivity index (χ0v) is 11.0. The van der Waals surface area contributed by atoms with Crippen LogP contribution in [0.3, 0.4) is 0 Å². The van der Waals surface area contributed by atoms with Gasteiger partial charge in [-0.15, -0.1) is 0 Å². The lowest BCUT2D eigenvalue weighted by Gasteiger charge is -2.24. The Balaban J connectivity index is 2.58. The molecule has 0 aromatic heterocycles. The van der Waals surface area contributed by atoms with Crippen LogP contribution in [0, 0.1) is 0 Å². The molecule has 0 aliphatic rings. The van der Waals surface area contributed by atoms with E-state index in [1.165, 1.54) is 5.56 Å². The van der Waals surface area contributed by atoms with Gasteiger partial charge in [0.1, 0.15) is 0 Å². The molecule has 0 bridgehead atoms. The highest BCUT2D eigenvalue weighted by Gasteiger charge is 2.36. The molecular formula is C11H19NO3Si. The molecule has 0 aliphatic carbocycles. The van der Waals surface area contributed by atoms with Gasteiger partial charge in [-0.3, -0.25) is 0 Å². The van der Waals surface area contributed by atoms with E-state index >= 15 is 0 Å². The molecule has 0 spiro atoms. The first-order valence-electron chi connectivity index (χ1n) is 5.15. The van der Waals surface area contributed by atoms with Crippen molar-refractivity contribution in [2.24, 2.45) is 0 Å². The Hall–Kier alpha value is -0.883. The Morgan fingerprint density at radius 2 is 1.50 bits per heavy atom. The van der Waals surface area contributed by atoms with Gasteiger partial charge in [-0.25, -0.2) is 0 Å². The van der Waals surface area contributed by atoms with Gasteiger partial charge < -0.3 is 19.0 Å². The molecule has 1 aromatic rings. The third-order valence-corrected chi connectivity index (χ3v) is 5.36. The molecule has 0 atom stereocenters. The molecule has 5 heteroatoms. The fourth-order valence-electron chi connectivity index (χ4n) is 1.54. The van der Waals surface area contributed by atoms with Crippen molar-refractivity contribution < 1.29 is 13.3 Å². The molecule has 4 nitrogen and oxygen atoms in total. The van der Waals surface area contributed by atoms with Crippen LogP contribution in [0.2, 0.25) is 6.04 Å². The van der Waals surface area contributed by atoms with Crippen molar-refractivity contribution in [2.45, 2.75) is 12.5 Å². The van der Waals surface area contributed by atoms with Crippen LogP contribution in [0.1, 0.15) is 5.56 Å². The topological polar surface area (TPSA) is 53.7 Å². The molecule has 1 aromatic carbocycles. The predicted octanol–water partition coefficient (Wildman–Crippen LogP) is 1.69. The fraction of sp³-hybridized carbons (Fsp3) is 0.455. The van der Waals surface area contributed by atoms with Crippen LogP contribution in [0.25, 0.3) is 0 Å². The minimum atomic E-state index is -2.45. The minimum Gasteiger partial charge on any atom is -0.399 e. The molecule has 0 radical (unpaired) electrons. The van der Waals surface area contributed by atoms with E-state index in [2.05, 4.69) is 0 Å². The van der Waals surface area contributed by atoms with E-state index in [4.69, 9.17) is 19.0 Å². The monoisotopic (exact) mass is 241 g/mol.